The molecule has 0 bridgehead atoms. The molecule has 1 rings (SSSR count). The van der Waals surface area contributed by atoms with Gasteiger partial charge in [0.25, 0.3) is 0 Å². The Labute approximate surface area is 148 Å². The van der Waals surface area contributed by atoms with Crippen LogP contribution in [-0.4, -0.2) is 40.0 Å². The summed E-state index contributed by atoms with van der Waals surface area (Å²) in [7, 11) is -0.497. The molecule has 0 aromatic heterocycles. The van der Waals surface area contributed by atoms with Gasteiger partial charge in [0.05, 0.1) is 7.11 Å². The molecule has 0 saturated heterocycles. The van der Waals surface area contributed by atoms with Crippen molar-refractivity contribution >= 4 is 20.2 Å². The van der Waals surface area contributed by atoms with Crippen molar-refractivity contribution in [1.29, 1.82) is 0 Å². The standard InChI is InChI=1S/C18H35NO4Si/c1-18(2,3)24(5,6)23-12-11-15(17(21)22-4)19-16(20)13-14-9-7-8-10-14/h14-15H,7-13H2,1-6H3,(H,19,20)/t15-/m0/s1. The van der Waals surface area contributed by atoms with Gasteiger partial charge in [-0.05, 0) is 36.9 Å². The van der Waals surface area contributed by atoms with Crippen LogP contribution in [0.4, 0.5) is 0 Å². The largest absolute Gasteiger partial charge is 0.467 e. The fourth-order valence-electron chi connectivity index (χ4n) is 2.77. The molecule has 1 fully saturated rings. The number of esters is 1. The van der Waals surface area contributed by atoms with E-state index in [0.717, 1.165) is 12.8 Å². The lowest BCUT2D eigenvalue weighted by atomic mass is 10.0. The van der Waals surface area contributed by atoms with Crippen LogP contribution < -0.4 is 5.32 Å². The van der Waals surface area contributed by atoms with E-state index in [1.54, 1.807) is 0 Å². The molecular weight excluding hydrogens is 322 g/mol. The number of methoxy groups -OCH3 is 1. The molecule has 0 aromatic rings. The lowest BCUT2D eigenvalue weighted by Gasteiger charge is -2.36. The average molecular weight is 358 g/mol. The van der Waals surface area contributed by atoms with Crippen molar-refractivity contribution in [3.05, 3.63) is 0 Å². The third kappa shape index (κ3) is 6.55. The first kappa shape index (κ1) is 21.2. The maximum Gasteiger partial charge on any atom is 0.328 e. The predicted molar refractivity (Wildman–Crippen MR) is 98.3 cm³/mol. The molecule has 0 radical (unpaired) electrons. The van der Waals surface area contributed by atoms with Crippen LogP contribution >= 0.6 is 0 Å². The van der Waals surface area contributed by atoms with E-state index in [1.807, 2.05) is 0 Å². The minimum atomic E-state index is -1.85. The van der Waals surface area contributed by atoms with E-state index in [9.17, 15) is 9.59 Å². The monoisotopic (exact) mass is 357 g/mol. The molecule has 0 spiro atoms. The van der Waals surface area contributed by atoms with Crippen molar-refractivity contribution in [2.45, 2.75) is 83.5 Å². The van der Waals surface area contributed by atoms with Crippen LogP contribution in [0.5, 0.6) is 0 Å². The summed E-state index contributed by atoms with van der Waals surface area (Å²) < 4.78 is 10.9. The zero-order valence-corrected chi connectivity index (χ0v) is 17.2. The van der Waals surface area contributed by atoms with E-state index in [-0.39, 0.29) is 10.9 Å². The molecule has 5 nitrogen and oxygen atoms in total. The summed E-state index contributed by atoms with van der Waals surface area (Å²) in [5.74, 6) is 0.0185. The van der Waals surface area contributed by atoms with Gasteiger partial charge in [-0.25, -0.2) is 4.79 Å². The van der Waals surface area contributed by atoms with Crippen LogP contribution in [0, 0.1) is 5.92 Å². The number of nitrogens with one attached hydrogen (secondary N) is 1. The van der Waals surface area contributed by atoms with Crippen molar-refractivity contribution in [2.24, 2.45) is 5.92 Å². The summed E-state index contributed by atoms with van der Waals surface area (Å²) in [6.45, 7) is 11.4. The van der Waals surface area contributed by atoms with Crippen molar-refractivity contribution in [2.75, 3.05) is 13.7 Å². The fraction of sp³-hybridized carbons (Fsp3) is 0.889. The summed E-state index contributed by atoms with van der Waals surface area (Å²) in [6.07, 6.45) is 5.61. The molecule has 1 atom stereocenters. The lowest BCUT2D eigenvalue weighted by molar-refractivity contribution is -0.145. The fourth-order valence-corrected chi connectivity index (χ4v) is 3.83. The number of carbonyl (C=O) groups is 2. The van der Waals surface area contributed by atoms with E-state index < -0.39 is 20.3 Å². The Hall–Kier alpha value is -0.883. The zero-order chi connectivity index (χ0) is 18.4. The van der Waals surface area contributed by atoms with Gasteiger partial charge in [0, 0.05) is 19.4 Å². The topological polar surface area (TPSA) is 64.6 Å². The van der Waals surface area contributed by atoms with E-state index in [4.69, 9.17) is 9.16 Å². The highest BCUT2D eigenvalue weighted by atomic mass is 28.4. The third-order valence-corrected chi connectivity index (χ3v) is 9.98. The van der Waals surface area contributed by atoms with E-state index in [1.165, 1.54) is 20.0 Å². The highest BCUT2D eigenvalue weighted by Gasteiger charge is 2.37. The Balaban J connectivity index is 2.50. The number of carbonyl (C=O) groups excluding carboxylic acids is 2. The number of amides is 1. The van der Waals surface area contributed by atoms with Crippen LogP contribution in [0.15, 0.2) is 0 Å². The molecule has 6 heteroatoms. The Morgan fingerprint density at radius 3 is 2.29 bits per heavy atom. The molecule has 0 unspecified atom stereocenters. The van der Waals surface area contributed by atoms with Crippen LogP contribution in [0.25, 0.3) is 0 Å². The van der Waals surface area contributed by atoms with Crippen LogP contribution in [0.1, 0.15) is 59.3 Å². The Bertz CT molecular complexity index is 425. The highest BCUT2D eigenvalue weighted by Crippen LogP contribution is 2.36. The molecule has 0 heterocycles. The second kappa shape index (κ2) is 8.99. The molecule has 0 aromatic carbocycles. The smallest absolute Gasteiger partial charge is 0.328 e. The molecule has 1 amide bonds. The van der Waals surface area contributed by atoms with Crippen LogP contribution in [0.3, 0.4) is 0 Å². The quantitative estimate of drug-likeness (QED) is 0.532. The van der Waals surface area contributed by atoms with Gasteiger partial charge in [-0.15, -0.1) is 0 Å². The van der Waals surface area contributed by atoms with Gasteiger partial charge in [0.1, 0.15) is 6.04 Å². The summed E-state index contributed by atoms with van der Waals surface area (Å²) in [5, 5.41) is 2.97. The molecule has 1 saturated carbocycles. The average Bonchev–Trinajstić information content (AvgIpc) is 2.96. The summed E-state index contributed by atoms with van der Waals surface area (Å²) >= 11 is 0. The SMILES string of the molecule is COC(=O)[C@H](CCO[Si](C)(C)C(C)(C)C)NC(=O)CC1CCCC1. The molecule has 0 aliphatic heterocycles. The van der Waals surface area contributed by atoms with Crippen molar-refractivity contribution in [1.82, 2.24) is 5.32 Å². The summed E-state index contributed by atoms with van der Waals surface area (Å²) in [5.41, 5.74) is 0. The Kier molecular flexibility index (Phi) is 7.93. The molecule has 140 valence electrons. The normalized spacial score (nSPS) is 17.6. The number of hydrogen-bond donors (Lipinski definition) is 1. The first-order valence-corrected chi connectivity index (χ1v) is 12.0. The highest BCUT2D eigenvalue weighted by molar-refractivity contribution is 6.74. The van der Waals surface area contributed by atoms with Gasteiger partial charge in [0.15, 0.2) is 8.32 Å². The lowest BCUT2D eigenvalue weighted by Crippen LogP contribution is -2.45. The van der Waals surface area contributed by atoms with Crippen LogP contribution in [0.2, 0.25) is 18.1 Å². The van der Waals surface area contributed by atoms with Crippen LogP contribution in [-0.2, 0) is 18.8 Å². The predicted octanol–water partition coefficient (Wildman–Crippen LogP) is 3.64. The maximum absolute atomic E-state index is 12.2. The second-order valence-corrected chi connectivity index (χ2v) is 13.2. The van der Waals surface area contributed by atoms with Gasteiger partial charge in [-0.2, -0.15) is 0 Å². The minimum Gasteiger partial charge on any atom is -0.467 e. The van der Waals surface area contributed by atoms with Crippen molar-refractivity contribution in [3.63, 3.8) is 0 Å². The third-order valence-electron chi connectivity index (χ3n) is 5.45. The van der Waals surface area contributed by atoms with Gasteiger partial charge in [0.2, 0.25) is 5.91 Å². The minimum absolute atomic E-state index is 0.0513. The summed E-state index contributed by atoms with van der Waals surface area (Å²) in [6, 6.07) is -0.617. The van der Waals surface area contributed by atoms with Gasteiger partial charge in [-0.1, -0.05) is 33.6 Å². The van der Waals surface area contributed by atoms with Gasteiger partial charge < -0.3 is 14.5 Å². The molecule has 1 aliphatic rings. The number of rotatable bonds is 8. The Morgan fingerprint density at radius 1 is 1.21 bits per heavy atom. The first-order valence-electron chi connectivity index (χ1n) is 9.08. The maximum atomic E-state index is 12.2. The molecule has 1 aliphatic carbocycles. The number of ether oxygens (including phenoxy) is 1. The second-order valence-electron chi connectivity index (χ2n) is 8.40. The van der Waals surface area contributed by atoms with E-state index in [0.29, 0.717) is 25.4 Å². The van der Waals surface area contributed by atoms with E-state index in [2.05, 4.69) is 39.2 Å². The van der Waals surface area contributed by atoms with E-state index >= 15 is 0 Å². The summed E-state index contributed by atoms with van der Waals surface area (Å²) in [4.78, 5) is 24.2. The van der Waals surface area contributed by atoms with Crippen molar-refractivity contribution < 1.29 is 18.8 Å². The van der Waals surface area contributed by atoms with Gasteiger partial charge >= 0.3 is 5.97 Å². The number of hydrogen-bond acceptors (Lipinski definition) is 4. The van der Waals surface area contributed by atoms with Crippen molar-refractivity contribution in [3.8, 4) is 0 Å². The molecule has 24 heavy (non-hydrogen) atoms. The first-order chi connectivity index (χ1) is 11.1. The molecular formula is C18H35NO4Si. The van der Waals surface area contributed by atoms with Gasteiger partial charge in [-0.3, -0.25) is 4.79 Å². The molecule has 1 N–H and O–H groups in total. The Morgan fingerprint density at radius 2 is 1.79 bits per heavy atom. The zero-order valence-electron chi connectivity index (χ0n) is 16.2.